The summed E-state index contributed by atoms with van der Waals surface area (Å²) in [7, 11) is 2.30. The Labute approximate surface area is 138 Å². The predicted octanol–water partition coefficient (Wildman–Crippen LogP) is 6.03. The average molecular weight is 302 g/mol. The number of anilines is 1. The molecular formula is C21H35N. The predicted molar refractivity (Wildman–Crippen MR) is 99.2 cm³/mol. The molecule has 0 saturated heterocycles. The Balaban J connectivity index is 2.81. The van der Waals surface area contributed by atoms with Crippen molar-refractivity contribution in [1.29, 1.82) is 0 Å². The Bertz CT molecular complexity index is 541. The lowest BCUT2D eigenvalue weighted by Gasteiger charge is -2.33. The van der Waals surface area contributed by atoms with E-state index in [1.54, 1.807) is 11.1 Å². The van der Waals surface area contributed by atoms with E-state index < -0.39 is 0 Å². The van der Waals surface area contributed by atoms with E-state index in [1.165, 1.54) is 23.2 Å². The number of benzene rings is 1. The zero-order chi connectivity index (χ0) is 16.8. The highest BCUT2D eigenvalue weighted by atomic mass is 15.1. The molecule has 1 aliphatic heterocycles. The monoisotopic (exact) mass is 301 g/mol. The first kappa shape index (κ1) is 17.4. The molecule has 1 unspecified atom stereocenters. The van der Waals surface area contributed by atoms with Crippen LogP contribution >= 0.6 is 0 Å². The Kier molecular flexibility index (Phi) is 4.94. The number of nitrogens with zero attached hydrogens (tertiary/aromatic N) is 1. The van der Waals surface area contributed by atoms with Crippen molar-refractivity contribution in [2.24, 2.45) is 11.8 Å². The summed E-state index contributed by atoms with van der Waals surface area (Å²) < 4.78 is 0. The zero-order valence-electron chi connectivity index (χ0n) is 16.1. The molecule has 1 aromatic rings. The summed E-state index contributed by atoms with van der Waals surface area (Å²) in [6.45, 7) is 18.9. The van der Waals surface area contributed by atoms with E-state index in [0.29, 0.717) is 23.8 Å². The van der Waals surface area contributed by atoms with Crippen LogP contribution < -0.4 is 4.90 Å². The highest BCUT2D eigenvalue weighted by Crippen LogP contribution is 2.47. The van der Waals surface area contributed by atoms with Gasteiger partial charge in [0.1, 0.15) is 0 Å². The minimum Gasteiger partial charge on any atom is -0.371 e. The van der Waals surface area contributed by atoms with Crippen molar-refractivity contribution in [3.63, 3.8) is 0 Å². The lowest BCUT2D eigenvalue weighted by Crippen LogP contribution is -2.34. The van der Waals surface area contributed by atoms with Gasteiger partial charge in [-0.2, -0.15) is 0 Å². The van der Waals surface area contributed by atoms with E-state index in [-0.39, 0.29) is 0 Å². The van der Waals surface area contributed by atoms with Gasteiger partial charge in [-0.05, 0) is 73.1 Å². The number of aryl methyl sites for hydroxylation is 1. The number of rotatable bonds is 2. The second kappa shape index (κ2) is 6.26. The van der Waals surface area contributed by atoms with Gasteiger partial charge in [0.25, 0.3) is 0 Å². The van der Waals surface area contributed by atoms with Crippen LogP contribution in [0.1, 0.15) is 82.1 Å². The van der Waals surface area contributed by atoms with Crippen LogP contribution in [0.25, 0.3) is 0 Å². The van der Waals surface area contributed by atoms with Crippen LogP contribution in [0.3, 0.4) is 0 Å². The number of hydrogen-bond donors (Lipinski definition) is 0. The van der Waals surface area contributed by atoms with Crippen molar-refractivity contribution < 1.29 is 0 Å². The van der Waals surface area contributed by atoms with E-state index in [4.69, 9.17) is 0 Å². The molecule has 3 atom stereocenters. The largest absolute Gasteiger partial charge is 0.371 e. The van der Waals surface area contributed by atoms with Gasteiger partial charge in [-0.15, -0.1) is 0 Å². The number of hydrogen-bond acceptors (Lipinski definition) is 1. The van der Waals surface area contributed by atoms with Crippen molar-refractivity contribution in [3.8, 4) is 0 Å². The topological polar surface area (TPSA) is 3.24 Å². The van der Waals surface area contributed by atoms with E-state index in [1.807, 2.05) is 0 Å². The highest BCUT2D eigenvalue weighted by Gasteiger charge is 2.34. The first-order chi connectivity index (χ1) is 10.2. The molecular weight excluding hydrogens is 266 g/mol. The van der Waals surface area contributed by atoms with E-state index in [0.717, 1.165) is 5.92 Å². The highest BCUT2D eigenvalue weighted by molar-refractivity contribution is 5.67. The van der Waals surface area contributed by atoms with Crippen LogP contribution in [-0.2, 0) is 0 Å². The minimum atomic E-state index is 0.589. The van der Waals surface area contributed by atoms with Gasteiger partial charge in [-0.3, -0.25) is 0 Å². The third-order valence-corrected chi connectivity index (χ3v) is 6.10. The normalized spacial score (nSPS) is 25.6. The molecule has 1 heterocycles. The van der Waals surface area contributed by atoms with E-state index in [9.17, 15) is 0 Å². The molecule has 124 valence electrons. The maximum Gasteiger partial charge on any atom is 0.0436 e. The molecule has 1 nitrogen and oxygen atoms in total. The molecule has 1 aromatic carbocycles. The molecule has 0 aliphatic carbocycles. The van der Waals surface area contributed by atoms with Gasteiger partial charge >= 0.3 is 0 Å². The molecule has 0 saturated carbocycles. The standard InChI is InChI=1S/C21H35N/c1-12(2)18-10-14(5)16(7)21-20(18)19(13(3)4)11-15(6)17(8)22(21)9/h10,12-13,15,17,19H,11H2,1-9H3/t15-,17-,19?/m0/s1. The fourth-order valence-corrected chi connectivity index (χ4v) is 4.17. The minimum absolute atomic E-state index is 0.589. The lowest BCUT2D eigenvalue weighted by atomic mass is 9.76. The van der Waals surface area contributed by atoms with Crippen LogP contribution in [-0.4, -0.2) is 13.1 Å². The maximum atomic E-state index is 2.57. The summed E-state index contributed by atoms with van der Waals surface area (Å²) in [4.78, 5) is 2.57. The van der Waals surface area contributed by atoms with Gasteiger partial charge in [-0.1, -0.05) is 40.7 Å². The van der Waals surface area contributed by atoms with Gasteiger partial charge in [-0.25, -0.2) is 0 Å². The summed E-state index contributed by atoms with van der Waals surface area (Å²) in [5, 5.41) is 0. The molecule has 0 fully saturated rings. The van der Waals surface area contributed by atoms with Crippen LogP contribution in [0, 0.1) is 25.7 Å². The fourth-order valence-electron chi connectivity index (χ4n) is 4.17. The third kappa shape index (κ3) is 2.79. The molecule has 0 amide bonds. The van der Waals surface area contributed by atoms with Gasteiger partial charge in [0.2, 0.25) is 0 Å². The Morgan fingerprint density at radius 2 is 1.68 bits per heavy atom. The Morgan fingerprint density at radius 1 is 1.09 bits per heavy atom. The average Bonchev–Trinajstić information content (AvgIpc) is 2.53. The van der Waals surface area contributed by atoms with Gasteiger partial charge in [0, 0.05) is 18.8 Å². The van der Waals surface area contributed by atoms with Crippen LogP contribution in [0.5, 0.6) is 0 Å². The van der Waals surface area contributed by atoms with Crippen LogP contribution in [0.4, 0.5) is 5.69 Å². The van der Waals surface area contributed by atoms with Crippen LogP contribution in [0.2, 0.25) is 0 Å². The second-order valence-corrected chi connectivity index (χ2v) is 8.24. The van der Waals surface area contributed by atoms with Crippen molar-refractivity contribution in [2.75, 3.05) is 11.9 Å². The molecule has 22 heavy (non-hydrogen) atoms. The molecule has 0 N–H and O–H groups in total. The lowest BCUT2D eigenvalue weighted by molar-refractivity contribution is 0.365. The summed E-state index contributed by atoms with van der Waals surface area (Å²) in [5.41, 5.74) is 7.67. The molecule has 0 radical (unpaired) electrons. The Hall–Kier alpha value is -0.980. The quantitative estimate of drug-likeness (QED) is 0.644. The molecule has 2 rings (SSSR count). The molecule has 1 heteroatoms. The zero-order valence-corrected chi connectivity index (χ0v) is 16.1. The van der Waals surface area contributed by atoms with E-state index >= 15 is 0 Å². The summed E-state index contributed by atoms with van der Waals surface area (Å²) in [5.74, 6) is 2.68. The molecule has 0 aromatic heterocycles. The first-order valence-electron chi connectivity index (χ1n) is 9.03. The number of fused-ring (bicyclic) bond motifs is 1. The summed E-state index contributed by atoms with van der Waals surface area (Å²) in [6.07, 6.45) is 1.30. The summed E-state index contributed by atoms with van der Waals surface area (Å²) in [6, 6.07) is 3.06. The SMILES string of the molecule is Cc1cc(C(C)C)c2c(c1C)N(C)[C@@H](C)[C@@H](C)CC2C(C)C. The summed E-state index contributed by atoms with van der Waals surface area (Å²) >= 11 is 0. The molecule has 0 spiro atoms. The maximum absolute atomic E-state index is 2.57. The van der Waals surface area contributed by atoms with Crippen molar-refractivity contribution in [3.05, 3.63) is 28.3 Å². The molecule has 0 bridgehead atoms. The molecule has 1 aliphatic rings. The second-order valence-electron chi connectivity index (χ2n) is 8.24. The van der Waals surface area contributed by atoms with Crippen molar-refractivity contribution >= 4 is 5.69 Å². The van der Waals surface area contributed by atoms with Crippen molar-refractivity contribution in [2.45, 2.75) is 79.7 Å². The van der Waals surface area contributed by atoms with Gasteiger partial charge in [0.15, 0.2) is 0 Å². The van der Waals surface area contributed by atoms with Gasteiger partial charge < -0.3 is 4.90 Å². The first-order valence-corrected chi connectivity index (χ1v) is 9.03. The fraction of sp³-hybridized carbons (Fsp3) is 0.714. The van der Waals surface area contributed by atoms with E-state index in [2.05, 4.69) is 73.4 Å². The smallest absolute Gasteiger partial charge is 0.0436 e. The van der Waals surface area contributed by atoms with Crippen molar-refractivity contribution in [1.82, 2.24) is 0 Å². The van der Waals surface area contributed by atoms with Crippen LogP contribution in [0.15, 0.2) is 6.07 Å². The third-order valence-electron chi connectivity index (χ3n) is 6.10. The van der Waals surface area contributed by atoms with Gasteiger partial charge in [0.05, 0.1) is 0 Å². The Morgan fingerprint density at radius 3 is 2.18 bits per heavy atom.